The van der Waals surface area contributed by atoms with E-state index in [-0.39, 0.29) is 15.5 Å². The highest BCUT2D eigenvalue weighted by Gasteiger charge is 2.13. The Kier molecular flexibility index (Phi) is 4.39. The number of aromatic nitrogens is 2. The molecule has 0 aliphatic carbocycles. The molecule has 3 N–H and O–H groups in total. The van der Waals surface area contributed by atoms with Crippen LogP contribution in [-0.2, 0) is 0 Å². The van der Waals surface area contributed by atoms with Crippen LogP contribution < -0.4 is 11.1 Å². The van der Waals surface area contributed by atoms with Gasteiger partial charge in [0, 0.05) is 17.8 Å². The predicted molar refractivity (Wildman–Crippen MR) is 85.9 cm³/mol. The molecule has 1 heterocycles. The van der Waals surface area contributed by atoms with Gasteiger partial charge in [-0.15, -0.1) is 0 Å². The van der Waals surface area contributed by atoms with Gasteiger partial charge >= 0.3 is 0 Å². The summed E-state index contributed by atoms with van der Waals surface area (Å²) in [4.78, 5) is 0.148. The summed E-state index contributed by atoms with van der Waals surface area (Å²) in [5.41, 5.74) is 7.05. The molecule has 0 saturated heterocycles. The fraction of sp³-hybridized carbons (Fsp3) is 0.231. The van der Waals surface area contributed by atoms with Crippen molar-refractivity contribution in [2.45, 2.75) is 19.9 Å². The lowest BCUT2D eigenvalue weighted by Crippen LogP contribution is -2.11. The van der Waals surface area contributed by atoms with Crippen LogP contribution >= 0.6 is 28.1 Å². The van der Waals surface area contributed by atoms with Crippen molar-refractivity contribution in [3.8, 4) is 0 Å². The lowest BCUT2D eigenvalue weighted by molar-refractivity contribution is 0.532. The van der Waals surface area contributed by atoms with Gasteiger partial charge in [0.1, 0.15) is 4.99 Å². The van der Waals surface area contributed by atoms with Crippen molar-refractivity contribution in [1.29, 1.82) is 0 Å². The van der Waals surface area contributed by atoms with Crippen molar-refractivity contribution in [2.75, 3.05) is 5.32 Å². The second-order valence-electron chi connectivity index (χ2n) is 4.58. The molecular weight excluding hydrogens is 343 g/mol. The molecule has 0 aliphatic heterocycles. The Labute approximate surface area is 130 Å². The van der Waals surface area contributed by atoms with Crippen molar-refractivity contribution in [2.24, 2.45) is 5.73 Å². The first kappa shape index (κ1) is 14.9. The summed E-state index contributed by atoms with van der Waals surface area (Å²) >= 11 is 8.03. The second-order valence-corrected chi connectivity index (χ2v) is 5.81. The maximum absolute atomic E-state index is 14.2. The average Bonchev–Trinajstić information content (AvgIpc) is 2.83. The third kappa shape index (κ3) is 2.99. The molecule has 1 aromatic heterocycles. The quantitative estimate of drug-likeness (QED) is 0.819. The zero-order valence-corrected chi connectivity index (χ0v) is 13.4. The third-order valence-corrected chi connectivity index (χ3v) is 3.75. The van der Waals surface area contributed by atoms with Gasteiger partial charge in [-0.3, -0.25) is 4.68 Å². The Morgan fingerprint density at radius 3 is 2.75 bits per heavy atom. The van der Waals surface area contributed by atoms with E-state index >= 15 is 0 Å². The molecule has 0 saturated carbocycles. The highest BCUT2D eigenvalue weighted by Crippen LogP contribution is 2.29. The van der Waals surface area contributed by atoms with Crippen LogP contribution in [0.3, 0.4) is 0 Å². The molecule has 0 spiro atoms. The molecular formula is C13H14BrFN4S. The smallest absolute Gasteiger partial charge is 0.161 e. The first-order chi connectivity index (χ1) is 9.40. The van der Waals surface area contributed by atoms with Crippen molar-refractivity contribution < 1.29 is 4.39 Å². The van der Waals surface area contributed by atoms with E-state index in [1.807, 2.05) is 20.0 Å². The van der Waals surface area contributed by atoms with Crippen molar-refractivity contribution in [3.63, 3.8) is 0 Å². The summed E-state index contributed by atoms with van der Waals surface area (Å²) in [6.07, 6.45) is 3.47. The molecule has 0 fully saturated rings. The minimum absolute atomic E-state index is 0.148. The molecule has 2 aromatic rings. The fourth-order valence-electron chi connectivity index (χ4n) is 1.68. The number of hydrogen-bond donors (Lipinski definition) is 2. The summed E-state index contributed by atoms with van der Waals surface area (Å²) in [5.74, 6) is -0.437. The van der Waals surface area contributed by atoms with Crippen LogP contribution in [0.5, 0.6) is 0 Å². The molecule has 20 heavy (non-hydrogen) atoms. The van der Waals surface area contributed by atoms with Gasteiger partial charge in [0.2, 0.25) is 0 Å². The van der Waals surface area contributed by atoms with Crippen LogP contribution in [0, 0.1) is 5.82 Å². The van der Waals surface area contributed by atoms with Crippen LogP contribution in [0.4, 0.5) is 15.8 Å². The Morgan fingerprint density at radius 1 is 1.50 bits per heavy atom. The van der Waals surface area contributed by atoms with Crippen molar-refractivity contribution >= 4 is 44.5 Å². The normalized spacial score (nSPS) is 10.8. The van der Waals surface area contributed by atoms with Crippen LogP contribution in [-0.4, -0.2) is 14.8 Å². The highest BCUT2D eigenvalue weighted by molar-refractivity contribution is 9.10. The molecule has 0 unspecified atom stereocenters. The van der Waals surface area contributed by atoms with Gasteiger partial charge in [0.25, 0.3) is 0 Å². The molecule has 0 bridgehead atoms. The van der Waals surface area contributed by atoms with Crippen molar-refractivity contribution in [1.82, 2.24) is 9.78 Å². The molecule has 1 aromatic carbocycles. The van der Waals surface area contributed by atoms with Gasteiger partial charge in [-0.1, -0.05) is 12.2 Å². The van der Waals surface area contributed by atoms with Gasteiger partial charge in [-0.2, -0.15) is 5.10 Å². The lowest BCUT2D eigenvalue weighted by atomic mass is 10.2. The van der Waals surface area contributed by atoms with E-state index in [4.69, 9.17) is 18.0 Å². The predicted octanol–water partition coefficient (Wildman–Crippen LogP) is 3.74. The second kappa shape index (κ2) is 5.88. The van der Waals surface area contributed by atoms with E-state index in [1.165, 1.54) is 0 Å². The monoisotopic (exact) mass is 356 g/mol. The first-order valence-electron chi connectivity index (χ1n) is 5.99. The lowest BCUT2D eigenvalue weighted by Gasteiger charge is -2.10. The SMILES string of the molecule is CC(C)n1cc(Nc2ccc(C(N)=S)c(Br)c2F)cn1. The fourth-order valence-corrected chi connectivity index (χ4v) is 2.54. The van der Waals surface area contributed by atoms with E-state index < -0.39 is 5.82 Å². The molecule has 0 atom stereocenters. The minimum Gasteiger partial charge on any atom is -0.389 e. The van der Waals surface area contributed by atoms with Gasteiger partial charge in [0.15, 0.2) is 5.82 Å². The summed E-state index contributed by atoms with van der Waals surface area (Å²) in [7, 11) is 0. The molecule has 0 amide bonds. The largest absolute Gasteiger partial charge is 0.389 e. The highest BCUT2D eigenvalue weighted by atomic mass is 79.9. The number of thiocarbonyl (C=S) groups is 1. The van der Waals surface area contributed by atoms with E-state index in [0.29, 0.717) is 16.9 Å². The summed E-state index contributed by atoms with van der Waals surface area (Å²) in [6, 6.07) is 3.52. The molecule has 106 valence electrons. The average molecular weight is 357 g/mol. The topological polar surface area (TPSA) is 55.9 Å². The Bertz CT molecular complexity index is 654. The summed E-state index contributed by atoms with van der Waals surface area (Å²) < 4.78 is 16.3. The number of benzene rings is 1. The molecule has 4 nitrogen and oxygen atoms in total. The standard InChI is InChI=1S/C13H14BrFN4S/c1-7(2)19-6-8(5-17-19)18-10-4-3-9(13(16)20)11(14)12(10)15/h3-7,18H,1-2H3,(H2,16,20). The number of nitrogens with two attached hydrogens (primary N) is 1. The minimum atomic E-state index is -0.437. The number of halogens is 2. The van der Waals surface area contributed by atoms with Gasteiger partial charge in [-0.05, 0) is 41.9 Å². The molecule has 7 heteroatoms. The van der Waals surface area contributed by atoms with Gasteiger partial charge in [0.05, 0.1) is 22.0 Å². The first-order valence-corrected chi connectivity index (χ1v) is 7.19. The summed E-state index contributed by atoms with van der Waals surface area (Å²) in [6.45, 7) is 4.04. The van der Waals surface area contributed by atoms with E-state index in [1.54, 1.807) is 23.0 Å². The zero-order chi connectivity index (χ0) is 14.9. The number of rotatable bonds is 4. The maximum Gasteiger partial charge on any atom is 0.161 e. The van der Waals surface area contributed by atoms with Crippen LogP contribution in [0.1, 0.15) is 25.5 Å². The Balaban J connectivity index is 2.29. The van der Waals surface area contributed by atoms with Gasteiger partial charge < -0.3 is 11.1 Å². The van der Waals surface area contributed by atoms with Crippen molar-refractivity contribution in [3.05, 3.63) is 40.4 Å². The maximum atomic E-state index is 14.2. The van der Waals surface area contributed by atoms with E-state index in [2.05, 4.69) is 26.3 Å². The number of nitrogens with zero attached hydrogens (tertiary/aromatic N) is 2. The number of hydrogen-bond acceptors (Lipinski definition) is 3. The van der Waals surface area contributed by atoms with Crippen LogP contribution in [0.15, 0.2) is 29.0 Å². The third-order valence-electron chi connectivity index (χ3n) is 2.76. The van der Waals surface area contributed by atoms with Gasteiger partial charge in [-0.25, -0.2) is 4.39 Å². The van der Waals surface area contributed by atoms with Crippen LogP contribution in [0.25, 0.3) is 0 Å². The van der Waals surface area contributed by atoms with Crippen LogP contribution in [0.2, 0.25) is 0 Å². The zero-order valence-electron chi connectivity index (χ0n) is 11.0. The Morgan fingerprint density at radius 2 is 2.20 bits per heavy atom. The number of nitrogens with one attached hydrogen (secondary N) is 1. The summed E-state index contributed by atoms with van der Waals surface area (Å²) in [5, 5.41) is 7.17. The van der Waals surface area contributed by atoms with E-state index in [9.17, 15) is 4.39 Å². The Hall–Kier alpha value is -1.47. The molecule has 2 rings (SSSR count). The van der Waals surface area contributed by atoms with E-state index in [0.717, 1.165) is 0 Å². The molecule has 0 aliphatic rings. The molecule has 0 radical (unpaired) electrons. The number of anilines is 2.